The minimum atomic E-state index is 0.199. The van der Waals surface area contributed by atoms with E-state index in [2.05, 4.69) is 25.3 Å². The maximum absolute atomic E-state index is 6.40. The zero-order chi connectivity index (χ0) is 18.4. The molecule has 7 heteroatoms. The lowest BCUT2D eigenvalue weighted by Crippen LogP contribution is -2.56. The van der Waals surface area contributed by atoms with Gasteiger partial charge >= 0.3 is 5.82 Å². The fourth-order valence-corrected chi connectivity index (χ4v) is 6.63. The van der Waals surface area contributed by atoms with Gasteiger partial charge in [0.2, 0.25) is 6.33 Å². The third-order valence-electron chi connectivity index (χ3n) is 7.40. The molecule has 5 rings (SSSR count). The molecule has 0 spiro atoms. The van der Waals surface area contributed by atoms with E-state index in [1.807, 2.05) is 6.33 Å². The Morgan fingerprint density at radius 2 is 1.88 bits per heavy atom. The molecule has 0 radical (unpaired) electrons. The van der Waals surface area contributed by atoms with Crippen molar-refractivity contribution in [2.45, 2.75) is 52.4 Å². The predicted octanol–water partition coefficient (Wildman–Crippen LogP) is 5.02. The summed E-state index contributed by atoms with van der Waals surface area (Å²) in [5.41, 5.74) is 1.10. The Labute approximate surface area is 168 Å². The molecule has 2 heterocycles. The lowest BCUT2D eigenvalue weighted by molar-refractivity contribution is -0.756. The van der Waals surface area contributed by atoms with Gasteiger partial charge in [-0.2, -0.15) is 0 Å². The predicted molar refractivity (Wildman–Crippen MR) is 101 cm³/mol. The maximum Gasteiger partial charge on any atom is 0.304 e. The fourth-order valence-electron chi connectivity index (χ4n) is 5.64. The highest BCUT2D eigenvalue weighted by atomic mass is 35.5. The van der Waals surface area contributed by atoms with Crippen LogP contribution >= 0.6 is 34.8 Å². The summed E-state index contributed by atoms with van der Waals surface area (Å²) < 4.78 is 10.4. The molecule has 1 aliphatic heterocycles. The number of benzene rings is 1. The van der Waals surface area contributed by atoms with Gasteiger partial charge in [0.1, 0.15) is 12.6 Å². The van der Waals surface area contributed by atoms with Crippen LogP contribution in [0.5, 0.6) is 0 Å². The number of hydrogen-bond donors (Lipinski definition) is 0. The first-order valence-electron chi connectivity index (χ1n) is 9.00. The number of ether oxygens (including phenoxy) is 1. The zero-order valence-corrected chi connectivity index (χ0v) is 17.2. The normalized spacial score (nSPS) is 34.0. The lowest BCUT2D eigenvalue weighted by atomic mass is 9.70. The van der Waals surface area contributed by atoms with Crippen LogP contribution in [-0.2, 0) is 11.3 Å². The van der Waals surface area contributed by atoms with Crippen LogP contribution < -0.4 is 4.57 Å². The number of nitrogens with zero attached hydrogens (tertiary/aromatic N) is 3. The molecular weight excluding hydrogens is 393 g/mol. The van der Waals surface area contributed by atoms with Crippen LogP contribution in [0.4, 0.5) is 0 Å². The minimum Gasteiger partial charge on any atom is -0.363 e. The van der Waals surface area contributed by atoms with Crippen molar-refractivity contribution in [1.82, 2.24) is 9.78 Å². The summed E-state index contributed by atoms with van der Waals surface area (Å²) >= 11 is 18.9. The molecule has 4 nitrogen and oxygen atoms in total. The smallest absolute Gasteiger partial charge is 0.304 e. The van der Waals surface area contributed by atoms with Crippen molar-refractivity contribution in [3.8, 4) is 5.69 Å². The van der Waals surface area contributed by atoms with E-state index in [4.69, 9.17) is 44.6 Å². The van der Waals surface area contributed by atoms with E-state index in [-0.39, 0.29) is 16.9 Å². The molecule has 1 aromatic heterocycles. The van der Waals surface area contributed by atoms with Gasteiger partial charge < -0.3 is 4.74 Å². The van der Waals surface area contributed by atoms with Crippen molar-refractivity contribution in [3.63, 3.8) is 0 Å². The number of halogens is 3. The van der Waals surface area contributed by atoms with E-state index in [1.165, 1.54) is 12.8 Å². The van der Waals surface area contributed by atoms with Crippen LogP contribution in [0.3, 0.4) is 0 Å². The van der Waals surface area contributed by atoms with Crippen molar-refractivity contribution in [1.29, 1.82) is 0 Å². The Bertz CT molecular complexity index is 902. The first-order chi connectivity index (χ1) is 12.2. The Kier molecular flexibility index (Phi) is 3.58. The maximum atomic E-state index is 6.40. The highest BCUT2D eigenvalue weighted by Crippen LogP contribution is 2.69. The molecule has 0 N–H and O–H groups in total. The summed E-state index contributed by atoms with van der Waals surface area (Å²) in [7, 11) is 0. The zero-order valence-electron chi connectivity index (χ0n) is 15.0. The molecule has 2 saturated carbocycles. The van der Waals surface area contributed by atoms with Crippen LogP contribution in [0.2, 0.25) is 15.1 Å². The van der Waals surface area contributed by atoms with E-state index < -0.39 is 0 Å². The summed E-state index contributed by atoms with van der Waals surface area (Å²) in [5.74, 6) is 1.50. The van der Waals surface area contributed by atoms with E-state index in [9.17, 15) is 0 Å². The van der Waals surface area contributed by atoms with Crippen molar-refractivity contribution in [2.24, 2.45) is 16.7 Å². The number of rotatable bonds is 1. The molecule has 2 aliphatic carbocycles. The Morgan fingerprint density at radius 3 is 2.58 bits per heavy atom. The van der Waals surface area contributed by atoms with Crippen LogP contribution in [0.1, 0.15) is 45.5 Å². The molecule has 2 bridgehead atoms. The van der Waals surface area contributed by atoms with Gasteiger partial charge in [-0.25, -0.2) is 4.57 Å². The van der Waals surface area contributed by atoms with Gasteiger partial charge in [-0.05, 0) is 30.4 Å². The van der Waals surface area contributed by atoms with Crippen molar-refractivity contribution in [2.75, 3.05) is 0 Å². The molecule has 2 fully saturated rings. The number of fused-ring (bicyclic) bond motifs is 7. The van der Waals surface area contributed by atoms with Crippen molar-refractivity contribution < 1.29 is 9.30 Å². The molecule has 4 atom stereocenters. The third kappa shape index (κ3) is 2.02. The average molecular weight is 414 g/mol. The largest absolute Gasteiger partial charge is 0.363 e. The van der Waals surface area contributed by atoms with Gasteiger partial charge in [0, 0.05) is 21.5 Å². The summed E-state index contributed by atoms with van der Waals surface area (Å²) in [6.07, 6.45) is 4.71. The molecule has 138 valence electrons. The van der Waals surface area contributed by atoms with Gasteiger partial charge in [0.25, 0.3) is 0 Å². The summed E-state index contributed by atoms with van der Waals surface area (Å²) in [5, 5.41) is 6.22. The van der Waals surface area contributed by atoms with Gasteiger partial charge in [-0.3, -0.25) is 0 Å². The van der Waals surface area contributed by atoms with Gasteiger partial charge in [0.15, 0.2) is 5.69 Å². The van der Waals surface area contributed by atoms with Crippen LogP contribution in [0.15, 0.2) is 18.5 Å². The molecule has 1 unspecified atom stereocenters. The van der Waals surface area contributed by atoms with Crippen LogP contribution in [0, 0.1) is 16.7 Å². The minimum absolute atomic E-state index is 0.199. The number of aromatic nitrogens is 3. The third-order valence-corrected chi connectivity index (χ3v) is 8.20. The second-order valence-corrected chi connectivity index (χ2v) is 9.86. The Morgan fingerprint density at radius 1 is 1.19 bits per heavy atom. The highest BCUT2D eigenvalue weighted by molar-refractivity contribution is 6.40. The van der Waals surface area contributed by atoms with Crippen molar-refractivity contribution in [3.05, 3.63) is 39.4 Å². The first kappa shape index (κ1) is 17.3. The molecule has 26 heavy (non-hydrogen) atoms. The molecule has 0 saturated heterocycles. The monoisotopic (exact) mass is 412 g/mol. The quantitative estimate of drug-likeness (QED) is 0.615. The van der Waals surface area contributed by atoms with Crippen LogP contribution in [-0.4, -0.2) is 15.9 Å². The van der Waals surface area contributed by atoms with Gasteiger partial charge in [-0.15, -0.1) is 0 Å². The fraction of sp³-hybridized carbons (Fsp3) is 0.579. The SMILES string of the molecule is CC1(C)C2CC[C@]1(C)[C@H]1OCc3nn(-c4c(Cl)cc(Cl)cc4Cl)c[n+]3[C@@H]21. The van der Waals surface area contributed by atoms with E-state index in [1.54, 1.807) is 16.8 Å². The number of hydrogen-bond acceptors (Lipinski definition) is 2. The summed E-state index contributed by atoms with van der Waals surface area (Å²) in [4.78, 5) is 0. The molecule has 0 amide bonds. The Hall–Kier alpha value is -0.810. The molecule has 2 aromatic rings. The van der Waals surface area contributed by atoms with E-state index >= 15 is 0 Å². The average Bonchev–Trinajstić information content (AvgIpc) is 3.11. The summed E-state index contributed by atoms with van der Waals surface area (Å²) in [6, 6.07) is 3.69. The Balaban J connectivity index is 1.63. The topological polar surface area (TPSA) is 30.9 Å². The van der Waals surface area contributed by atoms with Gasteiger partial charge in [0.05, 0.1) is 16.1 Å². The second-order valence-electron chi connectivity index (χ2n) is 8.61. The first-order valence-corrected chi connectivity index (χ1v) is 10.1. The summed E-state index contributed by atoms with van der Waals surface area (Å²) in [6.45, 7) is 7.68. The molecule has 3 aliphatic rings. The second kappa shape index (κ2) is 5.38. The van der Waals surface area contributed by atoms with Crippen molar-refractivity contribution >= 4 is 34.8 Å². The van der Waals surface area contributed by atoms with E-state index in [0.29, 0.717) is 39.3 Å². The lowest BCUT2D eigenvalue weighted by Gasteiger charge is -2.40. The standard InChI is InChI=1S/C19H21Cl3N3O/c1-18(2)11-4-5-19(18,3)17-15(11)24-9-25(23-14(24)8-26-17)16-12(21)6-10(20)7-13(16)22/h6-7,9,11,15,17H,4-5,8H2,1-3H3/q+1/t11?,15-,17-,19+/m0/s1. The van der Waals surface area contributed by atoms with E-state index in [0.717, 1.165) is 5.82 Å². The van der Waals surface area contributed by atoms with Gasteiger partial charge in [-0.1, -0.05) is 60.3 Å². The van der Waals surface area contributed by atoms with Crippen LogP contribution in [0.25, 0.3) is 5.69 Å². The molecule has 1 aromatic carbocycles. The highest BCUT2D eigenvalue weighted by Gasteiger charge is 2.70. The molecular formula is C19H21Cl3N3O+.